The van der Waals surface area contributed by atoms with Crippen LogP contribution >= 0.6 is 0 Å². The largest absolute Gasteiger partial charge is 0.351 e. The summed E-state index contributed by atoms with van der Waals surface area (Å²) >= 11 is 0. The van der Waals surface area contributed by atoms with Gasteiger partial charge in [0.2, 0.25) is 0 Å². The molecule has 0 bridgehead atoms. The Bertz CT molecular complexity index is 764. The number of fused-ring (bicyclic) bond motifs is 2. The number of benzene rings is 2. The zero-order chi connectivity index (χ0) is 16.0. The van der Waals surface area contributed by atoms with E-state index in [2.05, 4.69) is 9.80 Å². The van der Waals surface area contributed by atoms with Crippen molar-refractivity contribution in [1.82, 2.24) is 4.90 Å². The summed E-state index contributed by atoms with van der Waals surface area (Å²) in [4.78, 5) is 16.3. The maximum atomic E-state index is 11.8. The molecule has 0 aliphatic carbocycles. The summed E-state index contributed by atoms with van der Waals surface area (Å²) in [7, 11) is 2.03. The Morgan fingerprint density at radius 2 is 1.83 bits per heavy atom. The first kappa shape index (κ1) is 14.5. The molecule has 2 fully saturated rings. The van der Waals surface area contributed by atoms with Crippen molar-refractivity contribution in [2.75, 3.05) is 25.0 Å². The quantitative estimate of drug-likeness (QED) is 0.639. The highest BCUT2D eigenvalue weighted by Gasteiger charge is 2.48. The van der Waals surface area contributed by atoms with Crippen molar-refractivity contribution in [3.05, 3.63) is 46.5 Å². The van der Waals surface area contributed by atoms with E-state index in [1.165, 1.54) is 12.8 Å². The van der Waals surface area contributed by atoms with Gasteiger partial charge in [0.15, 0.2) is 0 Å². The van der Waals surface area contributed by atoms with Crippen LogP contribution in [0, 0.1) is 10.1 Å². The van der Waals surface area contributed by atoms with Crippen LogP contribution in [0.5, 0.6) is 0 Å². The summed E-state index contributed by atoms with van der Waals surface area (Å²) in [5.41, 5.74) is 0.939. The van der Waals surface area contributed by atoms with Crippen molar-refractivity contribution >= 4 is 22.1 Å². The highest BCUT2D eigenvalue weighted by Crippen LogP contribution is 2.46. The minimum Gasteiger partial charge on any atom is -0.351 e. The second-order valence-corrected chi connectivity index (χ2v) is 6.65. The zero-order valence-electron chi connectivity index (χ0n) is 13.4. The van der Waals surface area contributed by atoms with Crippen molar-refractivity contribution in [2.24, 2.45) is 0 Å². The van der Waals surface area contributed by atoms with Gasteiger partial charge in [-0.2, -0.15) is 0 Å². The molecule has 0 unspecified atom stereocenters. The van der Waals surface area contributed by atoms with Crippen LogP contribution < -0.4 is 4.90 Å². The molecule has 0 saturated carbocycles. The third-order valence-corrected chi connectivity index (χ3v) is 5.65. The first-order valence-electron chi connectivity index (χ1n) is 8.28. The first-order chi connectivity index (χ1) is 11.1. The predicted molar refractivity (Wildman–Crippen MR) is 91.8 cm³/mol. The van der Waals surface area contributed by atoms with E-state index in [9.17, 15) is 10.1 Å². The fourth-order valence-electron chi connectivity index (χ4n) is 4.55. The molecule has 0 atom stereocenters. The molecule has 2 saturated heterocycles. The summed E-state index contributed by atoms with van der Waals surface area (Å²) in [5, 5.41) is 13.5. The third-order valence-electron chi connectivity index (χ3n) is 5.65. The van der Waals surface area contributed by atoms with Crippen molar-refractivity contribution in [3.63, 3.8) is 0 Å². The molecule has 5 nitrogen and oxygen atoms in total. The lowest BCUT2D eigenvalue weighted by Gasteiger charge is -2.42. The van der Waals surface area contributed by atoms with E-state index in [0.717, 1.165) is 42.4 Å². The Hall–Kier alpha value is -2.14. The Balaban J connectivity index is 1.88. The number of anilines is 1. The highest BCUT2D eigenvalue weighted by molar-refractivity contribution is 5.96. The van der Waals surface area contributed by atoms with Crippen LogP contribution in [-0.2, 0) is 0 Å². The van der Waals surface area contributed by atoms with E-state index in [1.54, 1.807) is 0 Å². The van der Waals surface area contributed by atoms with Gasteiger partial charge < -0.3 is 4.90 Å². The monoisotopic (exact) mass is 311 g/mol. The van der Waals surface area contributed by atoms with Crippen LogP contribution in [0.25, 0.3) is 10.8 Å². The Kier molecular flexibility index (Phi) is 3.27. The number of hydrogen-bond acceptors (Lipinski definition) is 4. The number of hydrogen-bond donors (Lipinski definition) is 0. The van der Waals surface area contributed by atoms with Gasteiger partial charge >= 0.3 is 0 Å². The smallest absolute Gasteiger partial charge is 0.300 e. The summed E-state index contributed by atoms with van der Waals surface area (Å²) in [5.74, 6) is 0. The molecule has 2 heterocycles. The predicted octanol–water partition coefficient (Wildman–Crippen LogP) is 3.77. The van der Waals surface area contributed by atoms with Gasteiger partial charge in [0.25, 0.3) is 5.69 Å². The van der Waals surface area contributed by atoms with Gasteiger partial charge in [-0.25, -0.2) is 0 Å². The van der Waals surface area contributed by atoms with E-state index >= 15 is 0 Å². The molecular weight excluding hydrogens is 290 g/mol. The molecule has 5 heteroatoms. The average molecular weight is 311 g/mol. The van der Waals surface area contributed by atoms with Gasteiger partial charge in [0, 0.05) is 20.1 Å². The highest BCUT2D eigenvalue weighted by atomic mass is 16.6. The summed E-state index contributed by atoms with van der Waals surface area (Å²) < 4.78 is 0. The lowest BCUT2D eigenvalue weighted by Crippen LogP contribution is -2.52. The SMILES string of the molecule is CN(c1ccc2ccccc2c1[N+](=O)[O-])C12CCCN1CCC2. The van der Waals surface area contributed by atoms with E-state index in [4.69, 9.17) is 0 Å². The molecule has 0 N–H and O–H groups in total. The number of nitrogens with zero attached hydrogens (tertiary/aromatic N) is 3. The van der Waals surface area contributed by atoms with Crippen LogP contribution in [0.15, 0.2) is 36.4 Å². The average Bonchev–Trinajstić information content (AvgIpc) is 3.13. The summed E-state index contributed by atoms with van der Waals surface area (Å²) in [6.07, 6.45) is 4.53. The first-order valence-corrected chi connectivity index (χ1v) is 8.28. The van der Waals surface area contributed by atoms with Crippen LogP contribution in [-0.4, -0.2) is 35.6 Å². The number of nitro benzene ring substituents is 1. The van der Waals surface area contributed by atoms with Crippen molar-refractivity contribution in [3.8, 4) is 0 Å². The molecule has 2 aromatic carbocycles. The Morgan fingerprint density at radius 3 is 2.52 bits per heavy atom. The van der Waals surface area contributed by atoms with Crippen LogP contribution in [0.4, 0.5) is 11.4 Å². The lowest BCUT2D eigenvalue weighted by atomic mass is 10.00. The molecule has 0 amide bonds. The summed E-state index contributed by atoms with van der Waals surface area (Å²) in [6.45, 7) is 2.21. The zero-order valence-corrected chi connectivity index (χ0v) is 13.4. The molecule has 120 valence electrons. The molecule has 0 aromatic heterocycles. The van der Waals surface area contributed by atoms with Crippen LogP contribution in [0.2, 0.25) is 0 Å². The fraction of sp³-hybridized carbons (Fsp3) is 0.444. The standard InChI is InChI=1S/C18H21N3O2/c1-19(18-10-4-12-20(18)13-5-11-18)16-9-8-14-6-2-3-7-15(14)17(16)21(22)23/h2-3,6-9H,4-5,10-13H2,1H3. The van der Waals surface area contributed by atoms with E-state index in [0.29, 0.717) is 0 Å². The molecule has 2 aliphatic rings. The van der Waals surface area contributed by atoms with Gasteiger partial charge in [-0.3, -0.25) is 15.0 Å². The molecule has 0 radical (unpaired) electrons. The number of nitro groups is 1. The Labute approximate surface area is 135 Å². The third kappa shape index (κ3) is 2.03. The van der Waals surface area contributed by atoms with E-state index in [-0.39, 0.29) is 16.3 Å². The van der Waals surface area contributed by atoms with Gasteiger partial charge in [0.1, 0.15) is 5.69 Å². The topological polar surface area (TPSA) is 49.6 Å². The minimum atomic E-state index is -0.223. The van der Waals surface area contributed by atoms with Gasteiger partial charge in [-0.05, 0) is 43.2 Å². The molecule has 2 aliphatic heterocycles. The lowest BCUT2D eigenvalue weighted by molar-refractivity contribution is -0.382. The van der Waals surface area contributed by atoms with E-state index in [1.807, 2.05) is 43.4 Å². The van der Waals surface area contributed by atoms with Crippen molar-refractivity contribution < 1.29 is 4.92 Å². The van der Waals surface area contributed by atoms with Gasteiger partial charge in [-0.15, -0.1) is 0 Å². The van der Waals surface area contributed by atoms with Gasteiger partial charge in [0.05, 0.1) is 16.0 Å². The fourth-order valence-corrected chi connectivity index (χ4v) is 4.55. The molecule has 0 spiro atoms. The minimum absolute atomic E-state index is 0.0345. The normalized spacial score (nSPS) is 19.9. The second kappa shape index (κ2) is 5.20. The number of rotatable bonds is 3. The molecule has 23 heavy (non-hydrogen) atoms. The Morgan fingerprint density at radius 1 is 1.13 bits per heavy atom. The van der Waals surface area contributed by atoms with Crippen LogP contribution in [0.3, 0.4) is 0 Å². The second-order valence-electron chi connectivity index (χ2n) is 6.65. The molecular formula is C18H21N3O2. The maximum Gasteiger partial charge on any atom is 0.300 e. The maximum absolute atomic E-state index is 11.8. The molecule has 2 aromatic rings. The summed E-state index contributed by atoms with van der Waals surface area (Å²) in [6, 6.07) is 11.5. The van der Waals surface area contributed by atoms with Crippen molar-refractivity contribution in [2.45, 2.75) is 31.3 Å². The molecule has 4 rings (SSSR count). The van der Waals surface area contributed by atoms with Crippen LogP contribution in [0.1, 0.15) is 25.7 Å². The van der Waals surface area contributed by atoms with E-state index < -0.39 is 0 Å². The van der Waals surface area contributed by atoms with Crippen molar-refractivity contribution in [1.29, 1.82) is 0 Å². The van der Waals surface area contributed by atoms with Gasteiger partial charge in [-0.1, -0.05) is 24.3 Å².